The summed E-state index contributed by atoms with van der Waals surface area (Å²) in [6.07, 6.45) is 0. The quantitative estimate of drug-likeness (QED) is 0.581. The van der Waals surface area contributed by atoms with Gasteiger partial charge in [-0.3, -0.25) is 0 Å². The normalized spacial score (nSPS) is 7.20. The molecule has 0 spiro atoms. The summed E-state index contributed by atoms with van der Waals surface area (Å²) in [5.41, 5.74) is 0. The smallest absolute Gasteiger partial charge is 0 e. The topological polar surface area (TPSA) is 0 Å². The Bertz CT molecular complexity index is 9.61. The van der Waals surface area contributed by atoms with E-state index in [4.69, 9.17) is 0 Å². The van der Waals surface area contributed by atoms with Gasteiger partial charge in [0.15, 0.2) is 0 Å². The fourth-order valence-corrected chi connectivity index (χ4v) is 0. The molecule has 2 heteroatoms. The molecule has 0 aliphatic carbocycles. The number of rotatable bonds is 0. The summed E-state index contributed by atoms with van der Waals surface area (Å²) in [5.74, 6) is 0. The minimum atomic E-state index is -0.543. The van der Waals surface area contributed by atoms with Crippen molar-refractivity contribution in [3.63, 3.8) is 0 Å². The van der Waals surface area contributed by atoms with Gasteiger partial charge in [-0.25, -0.2) is 0 Å². The van der Waals surface area contributed by atoms with Gasteiger partial charge in [0, 0.05) is 23.9 Å². The van der Waals surface area contributed by atoms with E-state index in [9.17, 15) is 0 Å². The Morgan fingerprint density at radius 2 is 1.00 bits per heavy atom. The van der Waals surface area contributed by atoms with E-state index in [1.54, 1.807) is 0 Å². The third-order valence-electron chi connectivity index (χ3n) is 0. The molecule has 0 saturated heterocycles. The molecule has 0 aromatic carbocycles. The summed E-state index contributed by atoms with van der Waals surface area (Å²) in [6, 6.07) is 0. The monoisotopic (exact) mass is 285 g/mol. The average Bonchev–Trinajstić information content (AvgIpc) is 0.811. The molecule has 0 amide bonds. The zero-order chi connectivity index (χ0) is 3.58. The second kappa shape index (κ2) is 5.60. The van der Waals surface area contributed by atoms with Crippen molar-refractivity contribution in [3.8, 4) is 0 Å². The Labute approximate surface area is 58.0 Å². The molecule has 0 bridgehead atoms. The Morgan fingerprint density at radius 3 is 1.00 bits per heavy atom. The van der Waals surface area contributed by atoms with E-state index in [-0.39, 0.29) is 23.9 Å². The van der Waals surface area contributed by atoms with Gasteiger partial charge in [0.1, 0.15) is 0 Å². The summed E-state index contributed by atoms with van der Waals surface area (Å²) in [6.45, 7) is 0. The Balaban J connectivity index is 0. The van der Waals surface area contributed by atoms with Crippen LogP contribution >= 0.6 is 0 Å². The molecule has 0 aromatic rings. The molecule has 0 rings (SSSR count). The van der Waals surface area contributed by atoms with Gasteiger partial charge in [-0.2, -0.15) is 0 Å². The van der Waals surface area contributed by atoms with Crippen molar-refractivity contribution in [2.45, 2.75) is 14.8 Å². The molecule has 0 heterocycles. The largest absolute Gasteiger partial charge is 0 e. The van der Waals surface area contributed by atoms with Gasteiger partial charge >= 0.3 is 34.6 Å². The molecule has 0 fully saturated rings. The number of hydrogen-bond acceptors (Lipinski definition) is 0. The predicted molar refractivity (Wildman–Crippen MR) is 29.1 cm³/mol. The summed E-state index contributed by atoms with van der Waals surface area (Å²) >= 11 is -0.543. The van der Waals surface area contributed by atoms with Crippen LogP contribution in [0.1, 0.15) is 0 Å². The zero-order valence-corrected chi connectivity index (χ0v) is 9.71. The van der Waals surface area contributed by atoms with Crippen molar-refractivity contribution in [1.29, 1.82) is 0 Å². The fourth-order valence-electron chi connectivity index (χ4n) is 0. The van der Waals surface area contributed by atoms with Gasteiger partial charge in [-0.15, -0.1) is 0 Å². The third kappa shape index (κ3) is 28.4. The van der Waals surface area contributed by atoms with Gasteiger partial charge in [0.05, 0.1) is 0 Å². The first-order valence-corrected chi connectivity index (χ1v) is 10.1. The molecule has 0 aliphatic heterocycles. The fraction of sp³-hybridized carbons (Fsp3) is 1.00. The van der Waals surface area contributed by atoms with Crippen LogP contribution in [-0.4, -0.2) is 43.7 Å². The minimum absolute atomic E-state index is 0. The van der Waals surface area contributed by atoms with Crippen molar-refractivity contribution < 1.29 is 0 Å². The predicted octanol–water partition coefficient (Wildman–Crippen LogP) is 0.990. The van der Waals surface area contributed by atoms with Gasteiger partial charge in [0.25, 0.3) is 0 Å². The molecule has 0 atom stereocenters. The van der Waals surface area contributed by atoms with Crippen LogP contribution in [0.4, 0.5) is 0 Å². The molecular formula is C3H9Sn2. The van der Waals surface area contributed by atoms with E-state index in [1.165, 1.54) is 0 Å². The maximum Gasteiger partial charge on any atom is 0 e. The van der Waals surface area contributed by atoms with Crippen LogP contribution < -0.4 is 0 Å². The Kier molecular flexibility index (Phi) is 10.9. The van der Waals surface area contributed by atoms with Crippen LogP contribution in [0.2, 0.25) is 14.8 Å². The first kappa shape index (κ1) is 9.78. The number of hydrogen-bond donors (Lipinski definition) is 0. The van der Waals surface area contributed by atoms with Crippen LogP contribution in [0, 0.1) is 0 Å². The first-order chi connectivity index (χ1) is 1.73. The van der Waals surface area contributed by atoms with Crippen LogP contribution in [-0.2, 0) is 0 Å². The van der Waals surface area contributed by atoms with E-state index in [2.05, 4.69) is 14.8 Å². The SMILES string of the molecule is [CH3][Sn]([CH3])[CH3].[Sn]. The van der Waals surface area contributed by atoms with Crippen molar-refractivity contribution >= 4 is 43.7 Å². The molecule has 5 radical (unpaired) electrons. The molecule has 29 valence electrons. The summed E-state index contributed by atoms with van der Waals surface area (Å²) < 4.78 is 0. The van der Waals surface area contributed by atoms with Crippen molar-refractivity contribution in [2.75, 3.05) is 0 Å². The molecule has 0 aromatic heterocycles. The minimum Gasteiger partial charge on any atom is 0 e. The van der Waals surface area contributed by atoms with Gasteiger partial charge < -0.3 is 0 Å². The molecule has 0 nitrogen and oxygen atoms in total. The average molecular weight is 283 g/mol. The summed E-state index contributed by atoms with van der Waals surface area (Å²) in [7, 11) is 0. The van der Waals surface area contributed by atoms with E-state index in [1.807, 2.05) is 0 Å². The van der Waals surface area contributed by atoms with Crippen LogP contribution in [0.3, 0.4) is 0 Å². The first-order valence-electron chi connectivity index (χ1n) is 1.50. The van der Waals surface area contributed by atoms with Crippen LogP contribution in [0.25, 0.3) is 0 Å². The maximum absolute atomic E-state index is 2.36. The van der Waals surface area contributed by atoms with Crippen LogP contribution in [0.15, 0.2) is 0 Å². The van der Waals surface area contributed by atoms with Crippen molar-refractivity contribution in [1.82, 2.24) is 0 Å². The third-order valence-corrected chi connectivity index (χ3v) is 0. The van der Waals surface area contributed by atoms with Crippen molar-refractivity contribution in [2.24, 2.45) is 0 Å². The van der Waals surface area contributed by atoms with E-state index < -0.39 is 19.8 Å². The molecule has 5 heavy (non-hydrogen) atoms. The van der Waals surface area contributed by atoms with Gasteiger partial charge in [0.2, 0.25) is 0 Å². The Hall–Kier alpha value is 1.60. The Morgan fingerprint density at radius 1 is 1.00 bits per heavy atom. The molecular weight excluding hydrogens is 273 g/mol. The molecule has 0 aliphatic rings. The standard InChI is InChI=1S/3CH3.2Sn/h3*1H3;;. The van der Waals surface area contributed by atoms with Gasteiger partial charge in [-0.05, 0) is 0 Å². The van der Waals surface area contributed by atoms with E-state index >= 15 is 0 Å². The summed E-state index contributed by atoms with van der Waals surface area (Å²) in [4.78, 5) is 7.09. The second-order valence-corrected chi connectivity index (χ2v) is 10.1. The van der Waals surface area contributed by atoms with E-state index in [0.29, 0.717) is 0 Å². The second-order valence-electron chi connectivity index (χ2n) is 1.50. The maximum atomic E-state index is 2.36. The van der Waals surface area contributed by atoms with Crippen LogP contribution in [0.5, 0.6) is 0 Å². The van der Waals surface area contributed by atoms with E-state index in [0.717, 1.165) is 0 Å². The molecule has 0 saturated carbocycles. The van der Waals surface area contributed by atoms with Gasteiger partial charge in [-0.1, -0.05) is 0 Å². The summed E-state index contributed by atoms with van der Waals surface area (Å²) in [5, 5.41) is 0. The zero-order valence-electron chi connectivity index (χ0n) is 4.00. The molecule has 0 unspecified atom stereocenters. The molecule has 0 N–H and O–H groups in total. The van der Waals surface area contributed by atoms with Crippen molar-refractivity contribution in [3.05, 3.63) is 0 Å².